The molecular formula is C15H16O4. The van der Waals surface area contributed by atoms with Gasteiger partial charge in [-0.05, 0) is 19.4 Å². The molecule has 4 heteroatoms. The molecule has 19 heavy (non-hydrogen) atoms. The van der Waals surface area contributed by atoms with Gasteiger partial charge in [-0.3, -0.25) is 4.79 Å². The fraction of sp³-hybridized carbons (Fsp3) is 0.333. The van der Waals surface area contributed by atoms with Crippen molar-refractivity contribution in [2.24, 2.45) is 0 Å². The molecule has 0 aromatic heterocycles. The lowest BCUT2D eigenvalue weighted by molar-refractivity contribution is -0.133. The first-order valence-corrected chi connectivity index (χ1v) is 6.16. The molecule has 2 rings (SSSR count). The monoisotopic (exact) mass is 260 g/mol. The Labute approximate surface area is 111 Å². The van der Waals surface area contributed by atoms with Crippen molar-refractivity contribution in [2.45, 2.75) is 25.7 Å². The Hall–Kier alpha value is -2.10. The molecule has 0 spiro atoms. The van der Waals surface area contributed by atoms with Gasteiger partial charge in [0.1, 0.15) is 5.75 Å². The molecule has 1 unspecified atom stereocenters. The largest absolute Gasteiger partial charge is 0.496 e. The molecule has 0 radical (unpaired) electrons. The van der Waals surface area contributed by atoms with Gasteiger partial charge in [-0.1, -0.05) is 18.2 Å². The van der Waals surface area contributed by atoms with Gasteiger partial charge in [-0.25, -0.2) is 4.79 Å². The maximum absolute atomic E-state index is 11.7. The first-order valence-electron chi connectivity index (χ1n) is 6.16. The second-order valence-electron chi connectivity index (χ2n) is 4.60. The smallest absolute Gasteiger partial charge is 0.332 e. The predicted octanol–water partition coefficient (Wildman–Crippen LogP) is 2.54. The summed E-state index contributed by atoms with van der Waals surface area (Å²) in [6.07, 6.45) is 0.892. The highest BCUT2D eigenvalue weighted by atomic mass is 16.5. The average molecular weight is 260 g/mol. The van der Waals surface area contributed by atoms with Crippen LogP contribution < -0.4 is 4.74 Å². The summed E-state index contributed by atoms with van der Waals surface area (Å²) in [4.78, 5) is 23.1. The molecule has 1 aliphatic rings. The third kappa shape index (κ3) is 2.38. The number of carbonyl (C=O) groups is 2. The zero-order chi connectivity index (χ0) is 14.0. The number of ketones is 1. The quantitative estimate of drug-likeness (QED) is 0.907. The molecule has 1 N–H and O–H groups in total. The topological polar surface area (TPSA) is 63.6 Å². The Morgan fingerprint density at radius 1 is 1.37 bits per heavy atom. The van der Waals surface area contributed by atoms with E-state index in [1.807, 2.05) is 18.2 Å². The van der Waals surface area contributed by atoms with Crippen molar-refractivity contribution in [3.63, 3.8) is 0 Å². The van der Waals surface area contributed by atoms with Gasteiger partial charge >= 0.3 is 5.97 Å². The molecule has 0 bridgehead atoms. The summed E-state index contributed by atoms with van der Waals surface area (Å²) < 4.78 is 5.29. The van der Waals surface area contributed by atoms with E-state index < -0.39 is 5.97 Å². The summed E-state index contributed by atoms with van der Waals surface area (Å²) in [5.41, 5.74) is 1.38. The zero-order valence-electron chi connectivity index (χ0n) is 11.0. The third-order valence-electron chi connectivity index (χ3n) is 3.58. The molecule has 0 amide bonds. The van der Waals surface area contributed by atoms with E-state index in [9.17, 15) is 14.7 Å². The lowest BCUT2D eigenvalue weighted by Crippen LogP contribution is -2.22. The number of aliphatic carboxylic acids is 1. The van der Waals surface area contributed by atoms with Crippen LogP contribution in [0.5, 0.6) is 5.75 Å². The summed E-state index contributed by atoms with van der Waals surface area (Å²) in [5.74, 6) is -0.732. The van der Waals surface area contributed by atoms with E-state index in [1.165, 1.54) is 0 Å². The van der Waals surface area contributed by atoms with E-state index in [1.54, 1.807) is 20.1 Å². The standard InChI is InChI=1S/C15H16O4/c1-9-12(16)8-7-11(14(9)15(17)18)10-5-3-4-6-13(10)19-2/h3-6,11H,7-8H2,1-2H3,(H,17,18). The minimum Gasteiger partial charge on any atom is -0.496 e. The summed E-state index contributed by atoms with van der Waals surface area (Å²) in [7, 11) is 1.56. The van der Waals surface area contributed by atoms with Gasteiger partial charge in [0.05, 0.1) is 12.7 Å². The first kappa shape index (κ1) is 13.3. The van der Waals surface area contributed by atoms with Gasteiger partial charge in [0.15, 0.2) is 5.78 Å². The van der Waals surface area contributed by atoms with Crippen molar-refractivity contribution in [3.8, 4) is 5.75 Å². The van der Waals surface area contributed by atoms with Crippen molar-refractivity contribution >= 4 is 11.8 Å². The fourth-order valence-electron chi connectivity index (χ4n) is 2.59. The summed E-state index contributed by atoms with van der Waals surface area (Å²) >= 11 is 0. The third-order valence-corrected chi connectivity index (χ3v) is 3.58. The highest BCUT2D eigenvalue weighted by Gasteiger charge is 2.32. The molecule has 0 fully saturated rings. The number of carboxylic acids is 1. The lowest BCUT2D eigenvalue weighted by atomic mass is 9.78. The van der Waals surface area contributed by atoms with Gasteiger partial charge in [0.25, 0.3) is 0 Å². The van der Waals surface area contributed by atoms with Crippen LogP contribution in [0.15, 0.2) is 35.4 Å². The Morgan fingerprint density at radius 2 is 2.05 bits per heavy atom. The minimum absolute atomic E-state index is 0.0800. The van der Waals surface area contributed by atoms with Gasteiger partial charge in [-0.2, -0.15) is 0 Å². The van der Waals surface area contributed by atoms with Crippen LogP contribution in [-0.2, 0) is 9.59 Å². The average Bonchev–Trinajstić information content (AvgIpc) is 2.41. The number of para-hydroxylation sites is 1. The summed E-state index contributed by atoms with van der Waals surface area (Å²) in [6.45, 7) is 1.59. The molecule has 0 saturated carbocycles. The van der Waals surface area contributed by atoms with Gasteiger partial charge < -0.3 is 9.84 Å². The summed E-state index contributed by atoms with van der Waals surface area (Å²) in [5, 5.41) is 9.37. The maximum atomic E-state index is 11.7. The van der Waals surface area contributed by atoms with E-state index in [2.05, 4.69) is 0 Å². The summed E-state index contributed by atoms with van der Waals surface area (Å²) in [6, 6.07) is 7.35. The number of hydrogen-bond donors (Lipinski definition) is 1. The van der Waals surface area contributed by atoms with E-state index in [-0.39, 0.29) is 17.3 Å². The highest BCUT2D eigenvalue weighted by molar-refractivity contribution is 6.05. The fourth-order valence-corrected chi connectivity index (χ4v) is 2.59. The number of allylic oxidation sites excluding steroid dienone is 1. The van der Waals surface area contributed by atoms with Crippen LogP contribution in [0.2, 0.25) is 0 Å². The van der Waals surface area contributed by atoms with Gasteiger partial charge in [0, 0.05) is 23.5 Å². The Morgan fingerprint density at radius 3 is 2.68 bits per heavy atom. The van der Waals surface area contributed by atoms with Crippen LogP contribution in [0.3, 0.4) is 0 Å². The van der Waals surface area contributed by atoms with Crippen molar-refractivity contribution in [1.82, 2.24) is 0 Å². The van der Waals surface area contributed by atoms with Crippen LogP contribution in [0.25, 0.3) is 0 Å². The molecule has 1 aromatic rings. The number of ether oxygens (including phenoxy) is 1. The Balaban J connectivity index is 2.55. The van der Waals surface area contributed by atoms with Gasteiger partial charge in [-0.15, -0.1) is 0 Å². The molecule has 1 aromatic carbocycles. The molecule has 0 aliphatic heterocycles. The molecule has 0 saturated heterocycles. The second-order valence-corrected chi connectivity index (χ2v) is 4.60. The van der Waals surface area contributed by atoms with Crippen molar-refractivity contribution < 1.29 is 19.4 Å². The molecule has 0 heterocycles. The van der Waals surface area contributed by atoms with Gasteiger partial charge in [0.2, 0.25) is 0 Å². The first-order chi connectivity index (χ1) is 9.06. The number of hydrogen-bond acceptors (Lipinski definition) is 3. The number of carbonyl (C=O) groups excluding carboxylic acids is 1. The molecule has 4 nitrogen and oxygen atoms in total. The van der Waals surface area contributed by atoms with E-state index in [4.69, 9.17) is 4.74 Å². The number of Topliss-reactive ketones (excluding diaryl/α,β-unsaturated/α-hetero) is 1. The normalized spacial score (nSPS) is 19.5. The lowest BCUT2D eigenvalue weighted by Gasteiger charge is -2.25. The molecule has 1 atom stereocenters. The van der Waals surface area contributed by atoms with Crippen LogP contribution in [0, 0.1) is 0 Å². The van der Waals surface area contributed by atoms with Crippen LogP contribution >= 0.6 is 0 Å². The van der Waals surface area contributed by atoms with Crippen molar-refractivity contribution in [3.05, 3.63) is 41.0 Å². The van der Waals surface area contributed by atoms with Crippen LogP contribution in [0.1, 0.15) is 31.2 Å². The second kappa shape index (κ2) is 5.26. The van der Waals surface area contributed by atoms with E-state index in [0.717, 1.165) is 5.56 Å². The molecule has 1 aliphatic carbocycles. The van der Waals surface area contributed by atoms with E-state index in [0.29, 0.717) is 24.2 Å². The number of rotatable bonds is 3. The van der Waals surface area contributed by atoms with Crippen molar-refractivity contribution in [2.75, 3.05) is 7.11 Å². The SMILES string of the molecule is COc1ccccc1C1CCC(=O)C(C)=C1C(=O)O. The number of carboxylic acid groups (broad SMARTS) is 1. The number of methoxy groups -OCH3 is 1. The maximum Gasteiger partial charge on any atom is 0.332 e. The van der Waals surface area contributed by atoms with Crippen LogP contribution in [0.4, 0.5) is 0 Å². The van der Waals surface area contributed by atoms with E-state index >= 15 is 0 Å². The highest BCUT2D eigenvalue weighted by Crippen LogP contribution is 2.39. The molecule has 100 valence electrons. The minimum atomic E-state index is -1.03. The molecular weight excluding hydrogens is 244 g/mol. The Kier molecular flexibility index (Phi) is 3.69. The Bertz CT molecular complexity index is 557. The van der Waals surface area contributed by atoms with Crippen LogP contribution in [-0.4, -0.2) is 24.0 Å². The van der Waals surface area contributed by atoms with Crippen molar-refractivity contribution in [1.29, 1.82) is 0 Å². The number of benzene rings is 1. The zero-order valence-corrected chi connectivity index (χ0v) is 11.0. The predicted molar refractivity (Wildman–Crippen MR) is 70.3 cm³/mol.